The molecule has 0 radical (unpaired) electrons. The molecule has 0 unspecified atom stereocenters. The van der Waals surface area contributed by atoms with E-state index in [4.69, 9.17) is 9.72 Å². The molecule has 4 heterocycles. The summed E-state index contributed by atoms with van der Waals surface area (Å²) in [6.45, 7) is 6.73. The number of rotatable bonds is 5. The maximum atomic E-state index is 6.65. The van der Waals surface area contributed by atoms with Crippen LogP contribution in [-0.4, -0.2) is 18.7 Å². The molecule has 0 spiro atoms. The van der Waals surface area contributed by atoms with Gasteiger partial charge in [-0.25, -0.2) is 9.55 Å². The Bertz CT molecular complexity index is 2990. The third-order valence-electron chi connectivity index (χ3n) is 10.5. The lowest BCUT2D eigenvalue weighted by Gasteiger charge is -2.20. The van der Waals surface area contributed by atoms with Crippen LogP contribution in [0.15, 0.2) is 158 Å². The minimum atomic E-state index is -0.0263. The fraction of sp³-hybridized carbons (Fsp3) is 0.106. The van der Waals surface area contributed by atoms with Gasteiger partial charge in [0.1, 0.15) is 23.0 Å². The van der Waals surface area contributed by atoms with Gasteiger partial charge >= 0.3 is 0 Å². The van der Waals surface area contributed by atoms with Crippen LogP contribution in [0.3, 0.4) is 0 Å². The molecule has 0 aliphatic heterocycles. The molecule has 4 aromatic heterocycles. The third kappa shape index (κ3) is 5.01. The van der Waals surface area contributed by atoms with E-state index in [9.17, 15) is 0 Å². The molecule has 0 fully saturated rings. The van der Waals surface area contributed by atoms with E-state index < -0.39 is 0 Å². The van der Waals surface area contributed by atoms with E-state index in [2.05, 4.69) is 186 Å². The van der Waals surface area contributed by atoms with Crippen LogP contribution in [0, 0.1) is 0 Å². The van der Waals surface area contributed by atoms with E-state index in [0.717, 1.165) is 56.0 Å². The minimum absolute atomic E-state index is 0.0263. The molecular weight excluding hydrogens is 651 g/mol. The van der Waals surface area contributed by atoms with E-state index in [1.165, 1.54) is 32.9 Å². The van der Waals surface area contributed by atoms with Crippen LogP contribution in [0.5, 0.6) is 11.5 Å². The zero-order valence-corrected chi connectivity index (χ0v) is 30.2. The standard InChI is InChI=1S/C47H38N5O/c1-47(2,3)31-24-25-48-46(26-31)52-42-23-20-33(51-40-16-7-5-14-36(40)37-15-6-8-17-41(37)51)28-39(42)38-22-21-35(29-45(38)52)53-34-13-11-12-32(27-34)50-30-49(4)43-18-9-10-19-44(43)50/h5-30H,1-4H3/q+1. The predicted molar refractivity (Wildman–Crippen MR) is 216 cm³/mol. The number of pyridine rings is 1. The number of hydrogen-bond donors (Lipinski definition) is 0. The van der Waals surface area contributed by atoms with Crippen molar-refractivity contribution in [2.75, 3.05) is 0 Å². The summed E-state index contributed by atoms with van der Waals surface area (Å²) in [5, 5.41) is 4.79. The molecule has 0 amide bonds. The summed E-state index contributed by atoms with van der Waals surface area (Å²) in [5.41, 5.74) is 10.2. The first kappa shape index (κ1) is 31.1. The number of nitrogens with zero attached hydrogens (tertiary/aromatic N) is 5. The number of imidazole rings is 1. The van der Waals surface area contributed by atoms with Crippen LogP contribution in [0.2, 0.25) is 0 Å². The van der Waals surface area contributed by atoms with Crippen LogP contribution in [0.25, 0.3) is 71.8 Å². The predicted octanol–water partition coefficient (Wildman–Crippen LogP) is 11.1. The number of benzene rings is 6. The molecule has 6 heteroatoms. The van der Waals surface area contributed by atoms with Gasteiger partial charge in [-0.15, -0.1) is 0 Å². The lowest BCUT2D eigenvalue weighted by atomic mass is 9.88. The number of ether oxygens (including phenoxy) is 1. The van der Waals surface area contributed by atoms with Crippen molar-refractivity contribution < 1.29 is 9.30 Å². The Labute approximate surface area is 307 Å². The topological polar surface area (TPSA) is 40.8 Å². The van der Waals surface area contributed by atoms with Crippen molar-refractivity contribution in [3.05, 3.63) is 164 Å². The van der Waals surface area contributed by atoms with Crippen LogP contribution in [-0.2, 0) is 12.5 Å². The molecule has 0 atom stereocenters. The second-order valence-corrected chi connectivity index (χ2v) is 14.9. The molecule has 0 saturated carbocycles. The van der Waals surface area contributed by atoms with Gasteiger partial charge < -0.3 is 9.30 Å². The molecule has 0 saturated heterocycles. The van der Waals surface area contributed by atoms with Gasteiger partial charge in [-0.2, -0.15) is 4.57 Å². The molecule has 256 valence electrons. The van der Waals surface area contributed by atoms with E-state index in [1.54, 1.807) is 0 Å². The van der Waals surface area contributed by atoms with Crippen molar-refractivity contribution in [2.45, 2.75) is 26.2 Å². The molecule has 6 nitrogen and oxygen atoms in total. The molecule has 10 rings (SSSR count). The fourth-order valence-electron chi connectivity index (χ4n) is 7.95. The molecule has 0 aliphatic rings. The van der Waals surface area contributed by atoms with E-state index >= 15 is 0 Å². The average Bonchev–Trinajstić information content (AvgIpc) is 3.81. The lowest BCUT2D eigenvalue weighted by molar-refractivity contribution is -0.645. The largest absolute Gasteiger partial charge is 0.457 e. The highest BCUT2D eigenvalue weighted by atomic mass is 16.5. The van der Waals surface area contributed by atoms with Crippen molar-refractivity contribution in [1.29, 1.82) is 0 Å². The van der Waals surface area contributed by atoms with E-state index in [1.807, 2.05) is 18.3 Å². The summed E-state index contributed by atoms with van der Waals surface area (Å²) < 4.78 is 15.7. The van der Waals surface area contributed by atoms with E-state index in [0.29, 0.717) is 0 Å². The molecule has 0 aliphatic carbocycles. The third-order valence-corrected chi connectivity index (χ3v) is 10.5. The average molecular weight is 689 g/mol. The van der Waals surface area contributed by atoms with Crippen LogP contribution >= 0.6 is 0 Å². The molecule has 0 bridgehead atoms. The zero-order chi connectivity index (χ0) is 35.8. The zero-order valence-electron chi connectivity index (χ0n) is 30.2. The van der Waals surface area contributed by atoms with Gasteiger partial charge in [0.05, 0.1) is 29.1 Å². The van der Waals surface area contributed by atoms with Crippen LogP contribution in [0.1, 0.15) is 26.3 Å². The molecular formula is C47H38N5O+. The quantitative estimate of drug-likeness (QED) is 0.169. The highest BCUT2D eigenvalue weighted by Crippen LogP contribution is 2.39. The molecule has 53 heavy (non-hydrogen) atoms. The summed E-state index contributed by atoms with van der Waals surface area (Å²) in [6, 6.07) is 51.6. The van der Waals surface area contributed by atoms with Crippen molar-refractivity contribution in [3.8, 4) is 28.7 Å². The second kappa shape index (κ2) is 11.7. The highest BCUT2D eigenvalue weighted by Gasteiger charge is 2.21. The molecule has 0 N–H and O–H groups in total. The first-order valence-electron chi connectivity index (χ1n) is 18.1. The van der Waals surface area contributed by atoms with Crippen molar-refractivity contribution in [2.24, 2.45) is 7.05 Å². The minimum Gasteiger partial charge on any atom is -0.457 e. The molecule has 10 aromatic rings. The first-order chi connectivity index (χ1) is 25.8. The number of fused-ring (bicyclic) bond motifs is 7. The smallest absolute Gasteiger partial charge is 0.249 e. The van der Waals surface area contributed by atoms with Gasteiger partial charge in [-0.3, -0.25) is 4.57 Å². The van der Waals surface area contributed by atoms with Gasteiger partial charge in [0.25, 0.3) is 0 Å². The normalized spacial score (nSPS) is 12.2. The molecule has 6 aromatic carbocycles. The number of para-hydroxylation sites is 4. The Morgan fingerprint density at radius 3 is 1.98 bits per heavy atom. The summed E-state index contributed by atoms with van der Waals surface area (Å²) >= 11 is 0. The Hall–Kier alpha value is -6.66. The first-order valence-corrected chi connectivity index (χ1v) is 18.1. The monoisotopic (exact) mass is 688 g/mol. The maximum absolute atomic E-state index is 6.65. The van der Waals surface area contributed by atoms with Crippen molar-refractivity contribution in [3.63, 3.8) is 0 Å². The fourth-order valence-corrected chi connectivity index (χ4v) is 7.95. The number of aryl methyl sites for hydroxylation is 1. The Balaban J connectivity index is 1.14. The lowest BCUT2D eigenvalue weighted by Crippen LogP contribution is -2.25. The number of aromatic nitrogens is 5. The van der Waals surface area contributed by atoms with Gasteiger partial charge in [-0.05, 0) is 89.8 Å². The SMILES string of the molecule is C[n+]1cn(-c2cccc(Oc3ccc4c5cc(-n6c7ccccc7c7ccccc76)ccc5n(-c5cc(C(C)(C)C)ccn5)c4c3)c2)c2ccccc21. The van der Waals surface area contributed by atoms with Crippen LogP contribution < -0.4 is 9.30 Å². The van der Waals surface area contributed by atoms with Crippen molar-refractivity contribution >= 4 is 54.6 Å². The summed E-state index contributed by atoms with van der Waals surface area (Å²) in [6.07, 6.45) is 4.04. The summed E-state index contributed by atoms with van der Waals surface area (Å²) in [4.78, 5) is 4.95. The maximum Gasteiger partial charge on any atom is 0.249 e. The summed E-state index contributed by atoms with van der Waals surface area (Å²) in [5.74, 6) is 2.41. The van der Waals surface area contributed by atoms with Gasteiger partial charge in [0.15, 0.2) is 11.0 Å². The summed E-state index contributed by atoms with van der Waals surface area (Å²) in [7, 11) is 2.07. The van der Waals surface area contributed by atoms with Gasteiger partial charge in [0.2, 0.25) is 6.33 Å². The Kier molecular flexibility index (Phi) is 6.86. The highest BCUT2D eigenvalue weighted by molar-refractivity contribution is 6.12. The van der Waals surface area contributed by atoms with Crippen LogP contribution in [0.4, 0.5) is 0 Å². The van der Waals surface area contributed by atoms with Gasteiger partial charge in [-0.1, -0.05) is 75.4 Å². The second-order valence-electron chi connectivity index (χ2n) is 14.9. The van der Waals surface area contributed by atoms with Gasteiger partial charge in [0, 0.05) is 45.6 Å². The Morgan fingerprint density at radius 2 is 1.21 bits per heavy atom. The Morgan fingerprint density at radius 1 is 0.528 bits per heavy atom. The van der Waals surface area contributed by atoms with Crippen molar-refractivity contribution in [1.82, 2.24) is 18.7 Å². The van der Waals surface area contributed by atoms with E-state index in [-0.39, 0.29) is 5.41 Å². The number of hydrogen-bond acceptors (Lipinski definition) is 2.